The van der Waals surface area contributed by atoms with E-state index in [1.54, 1.807) is 0 Å². The van der Waals surface area contributed by atoms with Gasteiger partial charge < -0.3 is 25.1 Å². The number of hydrogen-bond donors (Lipinski definition) is 3. The molecule has 3 saturated heterocycles. The van der Waals surface area contributed by atoms with Crippen LogP contribution in [0.4, 0.5) is 10.2 Å². The minimum absolute atomic E-state index is 0.0538. The summed E-state index contributed by atoms with van der Waals surface area (Å²) in [7, 11) is -4.92. The van der Waals surface area contributed by atoms with Crippen molar-refractivity contribution in [1.82, 2.24) is 39.0 Å². The molecule has 0 spiro atoms. The summed E-state index contributed by atoms with van der Waals surface area (Å²) in [4.78, 5) is 46.3. The number of anilines is 1. The van der Waals surface area contributed by atoms with Gasteiger partial charge in [-0.2, -0.15) is 0 Å². The minimum Gasteiger partial charge on any atom is -0.382 e. The SMILES string of the molecule is CCC(C)(C)SP1(=O)OC[C@H]2O[C@@H](n3cnc4c(N)ncnc43)[C@H](CF)[C@@H]2OP(=O)(O)OC[C@H]2O[C@@H](n3cnc4c(=O)[nH]cnc43)C[C@@H]2O1. The first-order valence-electron chi connectivity index (χ1n) is 15.3. The first-order chi connectivity index (χ1) is 23.3. The van der Waals surface area contributed by atoms with Gasteiger partial charge in [0.05, 0.1) is 44.8 Å². The van der Waals surface area contributed by atoms with Gasteiger partial charge in [-0.15, -0.1) is 0 Å². The molecule has 7 heterocycles. The third kappa shape index (κ3) is 6.69. The first kappa shape index (κ1) is 34.6. The fourth-order valence-corrected chi connectivity index (χ4v) is 11.7. The highest BCUT2D eigenvalue weighted by Gasteiger charge is 2.53. The Morgan fingerprint density at radius 1 is 1.02 bits per heavy atom. The number of halogens is 1. The first-order valence-corrected chi connectivity index (χ1v) is 19.8. The number of nitrogens with zero attached hydrogens (tertiary/aromatic N) is 7. The van der Waals surface area contributed by atoms with E-state index >= 15 is 0 Å². The number of alkyl halides is 1. The number of imidazole rings is 2. The molecular weight excluding hydrogens is 711 g/mol. The van der Waals surface area contributed by atoms with Gasteiger partial charge in [-0.3, -0.25) is 36.4 Å². The summed E-state index contributed by atoms with van der Waals surface area (Å²) in [6, 6.07) is 0. The Bertz CT molecular complexity index is 2010. The Kier molecular flexibility index (Phi) is 9.21. The molecular formula is C26H34FN9O10P2S. The summed E-state index contributed by atoms with van der Waals surface area (Å²) in [5.74, 6) is -1.10. The monoisotopic (exact) mass is 745 g/mol. The molecule has 0 saturated carbocycles. The van der Waals surface area contributed by atoms with Crippen LogP contribution in [0.25, 0.3) is 22.3 Å². The number of aromatic amines is 1. The summed E-state index contributed by atoms with van der Waals surface area (Å²) in [6.07, 6.45) is -0.923. The zero-order valence-electron chi connectivity index (χ0n) is 26.4. The van der Waals surface area contributed by atoms with Crippen LogP contribution in [0, 0.1) is 5.92 Å². The van der Waals surface area contributed by atoms with Crippen molar-refractivity contribution in [2.45, 2.75) is 75.2 Å². The lowest BCUT2D eigenvalue weighted by molar-refractivity contribution is -0.0602. The maximum atomic E-state index is 14.9. The van der Waals surface area contributed by atoms with Crippen molar-refractivity contribution in [1.29, 1.82) is 0 Å². The molecule has 3 fully saturated rings. The summed E-state index contributed by atoms with van der Waals surface area (Å²) in [5, 5.41) is 0. The molecule has 4 N–H and O–H groups in total. The van der Waals surface area contributed by atoms with Crippen LogP contribution in [-0.4, -0.2) is 93.0 Å². The number of fused-ring (bicyclic) bond motifs is 4. The van der Waals surface area contributed by atoms with Crippen LogP contribution in [0.3, 0.4) is 0 Å². The second-order valence-corrected chi connectivity index (χ2v) is 18.3. The van der Waals surface area contributed by atoms with E-state index < -0.39 is 87.6 Å². The lowest BCUT2D eigenvalue weighted by Gasteiger charge is -2.32. The number of aromatic nitrogens is 8. The van der Waals surface area contributed by atoms with Gasteiger partial charge in [0.1, 0.15) is 48.7 Å². The van der Waals surface area contributed by atoms with Gasteiger partial charge in [-0.25, -0.2) is 34.0 Å². The van der Waals surface area contributed by atoms with Crippen molar-refractivity contribution in [3.05, 3.63) is 35.7 Å². The molecule has 0 bridgehead atoms. The topological polar surface area (TPSA) is 243 Å². The van der Waals surface area contributed by atoms with Crippen LogP contribution in [-0.2, 0) is 36.7 Å². The Labute approximate surface area is 281 Å². The molecule has 0 aromatic carbocycles. The van der Waals surface area contributed by atoms with Crippen LogP contribution in [0.1, 0.15) is 46.1 Å². The number of ether oxygens (including phenoxy) is 2. The Hall–Kier alpha value is -2.84. The van der Waals surface area contributed by atoms with Gasteiger partial charge in [0.15, 0.2) is 22.6 Å². The second-order valence-electron chi connectivity index (χ2n) is 12.3. The number of rotatable bonds is 6. The van der Waals surface area contributed by atoms with Crippen molar-refractivity contribution in [3.63, 3.8) is 0 Å². The van der Waals surface area contributed by atoms with E-state index in [4.69, 9.17) is 33.3 Å². The quantitative estimate of drug-likeness (QED) is 0.240. The zero-order valence-corrected chi connectivity index (χ0v) is 29.0. The number of phosphoric ester groups is 1. The lowest BCUT2D eigenvalue weighted by Crippen LogP contribution is -2.35. The van der Waals surface area contributed by atoms with Crippen LogP contribution < -0.4 is 11.3 Å². The number of H-pyrrole nitrogens is 1. The van der Waals surface area contributed by atoms with Crippen LogP contribution in [0.5, 0.6) is 0 Å². The lowest BCUT2D eigenvalue weighted by atomic mass is 10.0. The van der Waals surface area contributed by atoms with Crippen molar-refractivity contribution in [2.75, 3.05) is 25.6 Å². The number of nitrogen functional groups attached to an aromatic ring is 1. The molecule has 23 heteroatoms. The molecule has 266 valence electrons. The predicted octanol–water partition coefficient (Wildman–Crippen LogP) is 3.26. The van der Waals surface area contributed by atoms with Crippen molar-refractivity contribution in [3.8, 4) is 0 Å². The number of nitrogens with one attached hydrogen (secondary N) is 1. The molecule has 3 aliphatic rings. The van der Waals surface area contributed by atoms with Gasteiger partial charge in [0, 0.05) is 11.2 Å². The maximum Gasteiger partial charge on any atom is 0.472 e. The summed E-state index contributed by atoms with van der Waals surface area (Å²) in [5.41, 5.74) is 6.26. The number of hydrogen-bond acceptors (Lipinski definition) is 16. The molecule has 4 aromatic heterocycles. The van der Waals surface area contributed by atoms with Crippen LogP contribution >= 0.6 is 26.0 Å². The summed E-state index contributed by atoms with van der Waals surface area (Å²) >= 11 is 0.988. The Balaban J connectivity index is 1.22. The Morgan fingerprint density at radius 2 is 1.76 bits per heavy atom. The van der Waals surface area contributed by atoms with E-state index in [0.29, 0.717) is 6.42 Å². The largest absolute Gasteiger partial charge is 0.472 e. The number of phosphoric acid groups is 1. The van der Waals surface area contributed by atoms with Gasteiger partial charge in [0.25, 0.3) is 5.56 Å². The van der Waals surface area contributed by atoms with Gasteiger partial charge >= 0.3 is 14.6 Å². The molecule has 19 nitrogen and oxygen atoms in total. The molecule has 7 rings (SSSR count). The van der Waals surface area contributed by atoms with Gasteiger partial charge in [-0.05, 0) is 17.8 Å². The summed E-state index contributed by atoms with van der Waals surface area (Å²) < 4.78 is 81.0. The molecule has 0 amide bonds. The molecule has 2 unspecified atom stereocenters. The molecule has 0 radical (unpaired) electrons. The van der Waals surface area contributed by atoms with Crippen LogP contribution in [0.15, 0.2) is 30.1 Å². The molecule has 9 atom stereocenters. The Morgan fingerprint density at radius 3 is 2.53 bits per heavy atom. The van der Waals surface area contributed by atoms with Crippen molar-refractivity contribution >= 4 is 54.1 Å². The molecule has 0 aliphatic carbocycles. The average molecular weight is 746 g/mol. The zero-order chi connectivity index (χ0) is 34.7. The summed E-state index contributed by atoms with van der Waals surface area (Å²) in [6.45, 7) is -0.523. The highest BCUT2D eigenvalue weighted by Crippen LogP contribution is 2.68. The minimum atomic E-state index is -4.92. The van der Waals surface area contributed by atoms with E-state index in [-0.39, 0.29) is 34.6 Å². The third-order valence-electron chi connectivity index (χ3n) is 8.69. The fourth-order valence-electron chi connectivity index (χ4n) is 5.90. The fraction of sp³-hybridized carbons (Fsp3) is 0.615. The van der Waals surface area contributed by atoms with Crippen LogP contribution in [0.2, 0.25) is 0 Å². The van der Waals surface area contributed by atoms with Gasteiger partial charge in [0.2, 0.25) is 0 Å². The average Bonchev–Trinajstić information content (AvgIpc) is 3.83. The smallest absolute Gasteiger partial charge is 0.382 e. The van der Waals surface area contributed by atoms with E-state index in [0.717, 1.165) is 11.4 Å². The number of nitrogens with two attached hydrogens (primary N) is 1. The third-order valence-corrected chi connectivity index (χ3v) is 14.4. The standard InChI is InChI=1S/C26H34FN9O10P2S/c1-4-26(2,3)49-48(40)42-8-16-20(13(6-27)25(44-16)36-12-33-18-21(28)29-9-30-22(18)36)46-47(38,39)41-7-15-14(45-48)5-17(43-15)35-11-34-19-23(35)31-10-32-24(19)37/h9-17,20,25H,4-8H2,1-3H3,(H,38,39)(H2,28,29,30)(H,31,32,37)/t13-,14+,15-,16-,17-,20+,25-,48?/m1/s1. The molecule has 3 aliphatic heterocycles. The maximum absolute atomic E-state index is 14.9. The van der Waals surface area contributed by atoms with Crippen molar-refractivity contribution in [2.24, 2.45) is 5.92 Å². The van der Waals surface area contributed by atoms with Gasteiger partial charge in [-0.1, -0.05) is 20.8 Å². The molecule has 4 aromatic rings. The highest BCUT2D eigenvalue weighted by atomic mass is 32.7. The predicted molar refractivity (Wildman–Crippen MR) is 171 cm³/mol. The molecule has 49 heavy (non-hydrogen) atoms. The van der Waals surface area contributed by atoms with E-state index in [9.17, 15) is 23.2 Å². The van der Waals surface area contributed by atoms with E-state index in [2.05, 4.69) is 29.9 Å². The van der Waals surface area contributed by atoms with E-state index in [1.165, 1.54) is 34.4 Å². The second kappa shape index (κ2) is 13.0. The normalized spacial score (nSPS) is 34.4. The van der Waals surface area contributed by atoms with Crippen molar-refractivity contribution < 1.29 is 46.0 Å². The van der Waals surface area contributed by atoms with E-state index in [1.807, 2.05) is 20.8 Å². The highest BCUT2D eigenvalue weighted by molar-refractivity contribution is 8.55.